The number of aryl methyl sites for hydroxylation is 1. The van der Waals surface area contributed by atoms with Gasteiger partial charge < -0.3 is 9.30 Å². The number of benzene rings is 2. The van der Waals surface area contributed by atoms with E-state index in [-0.39, 0.29) is 48.7 Å². The van der Waals surface area contributed by atoms with Gasteiger partial charge in [0.15, 0.2) is 16.6 Å². The normalized spacial score (nSPS) is 13.3. The van der Waals surface area contributed by atoms with E-state index in [0.29, 0.717) is 23.4 Å². The fourth-order valence-electron chi connectivity index (χ4n) is 5.33. The molecule has 224 valence electrons. The summed E-state index contributed by atoms with van der Waals surface area (Å²) in [5.41, 5.74) is -3.21. The lowest BCUT2D eigenvalue weighted by Gasteiger charge is -2.32. The number of rotatable bonds is 10. The van der Waals surface area contributed by atoms with E-state index in [2.05, 4.69) is 0 Å². The van der Waals surface area contributed by atoms with Crippen molar-refractivity contribution < 1.29 is 22.7 Å². The first-order valence-corrected chi connectivity index (χ1v) is 14.1. The maximum absolute atomic E-state index is 14.0. The maximum Gasteiger partial charge on any atom is 0.416 e. The standard InChI is InChI=1S/C30H32ClF3N4O4/c1-5-15-29(27(40)42-7-3,20-9-8-10-21(17-20)30(32,33)34)26-35-24-23(25(39)37(16-6-2)28(41)36(24)4)38(26)18-19-11-13-22(31)14-12-19/h8-14,17H,5-7,15-16,18H2,1-4H3. The van der Waals surface area contributed by atoms with Crippen molar-refractivity contribution in [2.45, 2.75) is 64.7 Å². The minimum Gasteiger partial charge on any atom is -0.465 e. The van der Waals surface area contributed by atoms with Crippen LogP contribution in [0.25, 0.3) is 11.2 Å². The summed E-state index contributed by atoms with van der Waals surface area (Å²) in [6, 6.07) is 11.3. The number of alkyl halides is 3. The maximum atomic E-state index is 14.0. The number of imidazole rings is 1. The van der Waals surface area contributed by atoms with Crippen molar-refractivity contribution in [2.24, 2.45) is 7.05 Å². The molecule has 0 spiro atoms. The van der Waals surface area contributed by atoms with E-state index in [9.17, 15) is 27.6 Å². The largest absolute Gasteiger partial charge is 0.465 e. The molecule has 2 aromatic carbocycles. The van der Waals surface area contributed by atoms with Crippen molar-refractivity contribution in [3.8, 4) is 0 Å². The van der Waals surface area contributed by atoms with Crippen molar-refractivity contribution >= 4 is 28.7 Å². The zero-order valence-electron chi connectivity index (χ0n) is 23.8. The number of hydrogen-bond donors (Lipinski definition) is 0. The molecular formula is C30H32ClF3N4O4. The van der Waals surface area contributed by atoms with Crippen molar-refractivity contribution in [3.63, 3.8) is 0 Å². The average molecular weight is 605 g/mol. The number of nitrogens with zero attached hydrogens (tertiary/aromatic N) is 4. The van der Waals surface area contributed by atoms with Gasteiger partial charge in [-0.1, -0.05) is 62.2 Å². The summed E-state index contributed by atoms with van der Waals surface area (Å²) in [5.74, 6) is -0.800. The summed E-state index contributed by atoms with van der Waals surface area (Å²) in [6.07, 6.45) is -3.79. The minimum atomic E-state index is -4.68. The molecule has 0 N–H and O–H groups in total. The van der Waals surface area contributed by atoms with Crippen LogP contribution in [0.4, 0.5) is 13.2 Å². The Morgan fingerprint density at radius 2 is 1.64 bits per heavy atom. The Morgan fingerprint density at radius 3 is 2.24 bits per heavy atom. The van der Waals surface area contributed by atoms with E-state index in [1.165, 1.54) is 28.3 Å². The molecular weight excluding hydrogens is 573 g/mol. The Bertz CT molecular complexity index is 1720. The van der Waals surface area contributed by atoms with Gasteiger partial charge in [-0.05, 0) is 49.1 Å². The molecule has 0 aliphatic carbocycles. The zero-order chi connectivity index (χ0) is 30.8. The van der Waals surface area contributed by atoms with E-state index in [1.54, 1.807) is 38.1 Å². The third-order valence-corrected chi connectivity index (χ3v) is 7.50. The highest BCUT2D eigenvalue weighted by molar-refractivity contribution is 6.30. The van der Waals surface area contributed by atoms with Crippen LogP contribution in [-0.4, -0.2) is 31.3 Å². The number of carbonyl (C=O) groups excluding carboxylic acids is 1. The third-order valence-electron chi connectivity index (χ3n) is 7.25. The first kappa shape index (κ1) is 31.1. The quantitative estimate of drug-likeness (QED) is 0.218. The summed E-state index contributed by atoms with van der Waals surface area (Å²) in [7, 11) is 1.47. The van der Waals surface area contributed by atoms with Crippen LogP contribution in [0.2, 0.25) is 5.02 Å². The molecule has 12 heteroatoms. The second-order valence-corrected chi connectivity index (χ2v) is 10.5. The van der Waals surface area contributed by atoms with Crippen molar-refractivity contribution in [1.29, 1.82) is 0 Å². The van der Waals surface area contributed by atoms with Crippen molar-refractivity contribution in [3.05, 3.63) is 96.9 Å². The topological polar surface area (TPSA) is 88.1 Å². The van der Waals surface area contributed by atoms with Gasteiger partial charge in [-0.3, -0.25) is 18.7 Å². The number of carbonyl (C=O) groups is 1. The van der Waals surface area contributed by atoms with Crippen LogP contribution in [0.3, 0.4) is 0 Å². The van der Waals surface area contributed by atoms with Crippen LogP contribution >= 0.6 is 11.6 Å². The van der Waals surface area contributed by atoms with Crippen LogP contribution in [0.5, 0.6) is 0 Å². The minimum absolute atomic E-state index is 0.00780. The van der Waals surface area contributed by atoms with Crippen LogP contribution in [0.15, 0.2) is 58.1 Å². The van der Waals surface area contributed by atoms with Gasteiger partial charge in [0.25, 0.3) is 5.56 Å². The smallest absolute Gasteiger partial charge is 0.416 e. The Kier molecular flexibility index (Phi) is 9.01. The second kappa shape index (κ2) is 12.2. The number of halogens is 4. The predicted octanol–water partition coefficient (Wildman–Crippen LogP) is 5.68. The van der Waals surface area contributed by atoms with Crippen molar-refractivity contribution in [2.75, 3.05) is 6.61 Å². The van der Waals surface area contributed by atoms with Gasteiger partial charge in [0, 0.05) is 25.2 Å². The lowest BCUT2D eigenvalue weighted by Crippen LogP contribution is -2.42. The summed E-state index contributed by atoms with van der Waals surface area (Å²) in [4.78, 5) is 45.8. The molecule has 1 unspecified atom stereocenters. The lowest BCUT2D eigenvalue weighted by molar-refractivity contribution is -0.149. The first-order valence-electron chi connectivity index (χ1n) is 13.7. The third kappa shape index (κ3) is 5.49. The first-order chi connectivity index (χ1) is 19.9. The SMILES string of the molecule is CCCn1c(=O)c2c(nc(C(CCC)(C(=O)OCC)c3cccc(C(F)(F)F)c3)n2Cc2ccc(Cl)cc2)n(C)c1=O. The lowest BCUT2D eigenvalue weighted by atomic mass is 9.75. The van der Waals surface area contributed by atoms with Gasteiger partial charge in [0.2, 0.25) is 0 Å². The number of fused-ring (bicyclic) bond motifs is 1. The molecule has 0 saturated heterocycles. The monoisotopic (exact) mass is 604 g/mol. The van der Waals surface area contributed by atoms with E-state index < -0.39 is 34.4 Å². The molecule has 0 saturated carbocycles. The molecule has 0 bridgehead atoms. The van der Waals surface area contributed by atoms with Gasteiger partial charge in [-0.2, -0.15) is 13.2 Å². The summed E-state index contributed by atoms with van der Waals surface area (Å²) >= 11 is 6.10. The molecule has 2 heterocycles. The van der Waals surface area contributed by atoms with Gasteiger partial charge in [-0.15, -0.1) is 0 Å². The van der Waals surface area contributed by atoms with E-state index >= 15 is 0 Å². The number of hydrogen-bond acceptors (Lipinski definition) is 5. The van der Waals surface area contributed by atoms with E-state index in [4.69, 9.17) is 21.3 Å². The Hall–Kier alpha value is -3.86. The molecule has 0 amide bonds. The fraction of sp³-hybridized carbons (Fsp3) is 0.400. The molecule has 4 rings (SSSR count). The molecule has 2 aromatic heterocycles. The number of ether oxygens (including phenoxy) is 1. The van der Waals surface area contributed by atoms with Gasteiger partial charge in [0.1, 0.15) is 5.82 Å². The molecule has 1 atom stereocenters. The summed E-state index contributed by atoms with van der Waals surface area (Å²) < 4.78 is 51.1. The highest BCUT2D eigenvalue weighted by Crippen LogP contribution is 2.41. The zero-order valence-corrected chi connectivity index (χ0v) is 24.6. The second-order valence-electron chi connectivity index (χ2n) is 10.1. The Labute approximate surface area is 245 Å². The molecule has 0 radical (unpaired) electrons. The molecule has 0 aliphatic heterocycles. The van der Waals surface area contributed by atoms with Crippen LogP contribution in [0, 0.1) is 0 Å². The van der Waals surface area contributed by atoms with Crippen LogP contribution in [-0.2, 0) is 41.3 Å². The number of esters is 1. The Balaban J connectivity index is 2.20. The molecule has 42 heavy (non-hydrogen) atoms. The highest BCUT2D eigenvalue weighted by atomic mass is 35.5. The molecule has 8 nitrogen and oxygen atoms in total. The van der Waals surface area contributed by atoms with Crippen molar-refractivity contribution in [1.82, 2.24) is 18.7 Å². The van der Waals surface area contributed by atoms with Crippen LogP contribution in [0.1, 0.15) is 62.5 Å². The highest BCUT2D eigenvalue weighted by Gasteiger charge is 2.48. The van der Waals surface area contributed by atoms with Gasteiger partial charge in [-0.25, -0.2) is 9.78 Å². The fourth-order valence-corrected chi connectivity index (χ4v) is 5.46. The summed E-state index contributed by atoms with van der Waals surface area (Å²) in [5, 5.41) is 0.484. The summed E-state index contributed by atoms with van der Waals surface area (Å²) in [6.45, 7) is 5.35. The average Bonchev–Trinajstić information content (AvgIpc) is 3.33. The number of aromatic nitrogens is 4. The van der Waals surface area contributed by atoms with E-state index in [0.717, 1.165) is 16.7 Å². The van der Waals surface area contributed by atoms with Gasteiger partial charge >= 0.3 is 17.8 Å². The van der Waals surface area contributed by atoms with Gasteiger partial charge in [0.05, 0.1) is 12.2 Å². The molecule has 0 aliphatic rings. The van der Waals surface area contributed by atoms with Crippen LogP contribution < -0.4 is 11.2 Å². The molecule has 0 fully saturated rings. The molecule has 4 aromatic rings. The Morgan fingerprint density at radius 1 is 0.976 bits per heavy atom. The predicted molar refractivity (Wildman–Crippen MR) is 154 cm³/mol. The van der Waals surface area contributed by atoms with E-state index in [1.807, 2.05) is 6.92 Å².